The van der Waals surface area contributed by atoms with E-state index in [0.717, 1.165) is 45.3 Å². The first kappa shape index (κ1) is 17.7. The Bertz CT molecular complexity index is 374. The smallest absolute Gasteiger partial charge is 0.334 e. The first-order chi connectivity index (χ1) is 10.0. The number of carbonyl (C=O) groups excluding carboxylic acids is 1. The van der Waals surface area contributed by atoms with E-state index in [1.807, 2.05) is 6.92 Å². The van der Waals surface area contributed by atoms with Crippen LogP contribution in [0.25, 0.3) is 0 Å². The Morgan fingerprint density at radius 2 is 2.05 bits per heavy atom. The predicted molar refractivity (Wildman–Crippen MR) is 78.1 cm³/mol. The van der Waals surface area contributed by atoms with Gasteiger partial charge in [0, 0.05) is 24.7 Å². The SMILES string of the molecule is CCC(C)OC(=O)/C(=C/C(=O)O)CCCN1CCOCC1. The van der Waals surface area contributed by atoms with Gasteiger partial charge in [-0.25, -0.2) is 9.59 Å². The summed E-state index contributed by atoms with van der Waals surface area (Å²) in [6.45, 7) is 7.77. The van der Waals surface area contributed by atoms with E-state index in [-0.39, 0.29) is 11.7 Å². The molecule has 1 aliphatic rings. The summed E-state index contributed by atoms with van der Waals surface area (Å²) >= 11 is 0. The van der Waals surface area contributed by atoms with Crippen molar-refractivity contribution in [3.8, 4) is 0 Å². The van der Waals surface area contributed by atoms with Crippen LogP contribution in [0.3, 0.4) is 0 Å². The molecule has 1 fully saturated rings. The van der Waals surface area contributed by atoms with Crippen LogP contribution in [0.2, 0.25) is 0 Å². The van der Waals surface area contributed by atoms with E-state index in [9.17, 15) is 9.59 Å². The van der Waals surface area contributed by atoms with E-state index in [1.54, 1.807) is 6.92 Å². The van der Waals surface area contributed by atoms with Gasteiger partial charge in [-0.2, -0.15) is 0 Å². The third kappa shape index (κ3) is 7.24. The second kappa shape index (κ2) is 9.52. The van der Waals surface area contributed by atoms with Crippen LogP contribution in [0, 0.1) is 0 Å². The molecule has 0 saturated carbocycles. The molecule has 0 aromatic carbocycles. The maximum atomic E-state index is 11.9. The van der Waals surface area contributed by atoms with Gasteiger partial charge >= 0.3 is 11.9 Å². The highest BCUT2D eigenvalue weighted by molar-refractivity contribution is 5.95. The predicted octanol–water partition coefficient (Wildman–Crippen LogP) is 1.45. The van der Waals surface area contributed by atoms with Crippen molar-refractivity contribution in [3.63, 3.8) is 0 Å². The molecule has 1 unspecified atom stereocenters. The van der Waals surface area contributed by atoms with Gasteiger partial charge in [0.25, 0.3) is 0 Å². The lowest BCUT2D eigenvalue weighted by atomic mass is 10.1. The Kier molecular flexibility index (Phi) is 8.00. The van der Waals surface area contributed by atoms with Gasteiger partial charge in [-0.05, 0) is 32.7 Å². The highest BCUT2D eigenvalue weighted by Gasteiger charge is 2.16. The molecule has 1 saturated heterocycles. The first-order valence-corrected chi connectivity index (χ1v) is 7.47. The number of carboxylic acids is 1. The summed E-state index contributed by atoms with van der Waals surface area (Å²) in [5.74, 6) is -1.63. The summed E-state index contributed by atoms with van der Waals surface area (Å²) in [6, 6.07) is 0. The average molecular weight is 299 g/mol. The van der Waals surface area contributed by atoms with Crippen molar-refractivity contribution in [2.75, 3.05) is 32.8 Å². The Labute approximate surface area is 125 Å². The molecule has 0 bridgehead atoms. The van der Waals surface area contributed by atoms with E-state index < -0.39 is 11.9 Å². The fourth-order valence-corrected chi connectivity index (χ4v) is 2.04. The van der Waals surface area contributed by atoms with Crippen LogP contribution < -0.4 is 0 Å². The Morgan fingerprint density at radius 1 is 1.38 bits per heavy atom. The van der Waals surface area contributed by atoms with Crippen molar-refractivity contribution in [1.29, 1.82) is 0 Å². The minimum atomic E-state index is -1.11. The number of esters is 1. The van der Waals surface area contributed by atoms with Crippen molar-refractivity contribution >= 4 is 11.9 Å². The van der Waals surface area contributed by atoms with Gasteiger partial charge in [0.2, 0.25) is 0 Å². The number of ether oxygens (including phenoxy) is 2. The van der Waals surface area contributed by atoms with E-state index >= 15 is 0 Å². The number of nitrogens with zero attached hydrogens (tertiary/aromatic N) is 1. The first-order valence-electron chi connectivity index (χ1n) is 7.47. The van der Waals surface area contributed by atoms with E-state index in [4.69, 9.17) is 14.6 Å². The van der Waals surface area contributed by atoms with E-state index in [1.165, 1.54) is 0 Å². The van der Waals surface area contributed by atoms with Gasteiger partial charge in [0.1, 0.15) is 0 Å². The third-order valence-electron chi connectivity index (χ3n) is 3.47. The molecule has 6 heteroatoms. The summed E-state index contributed by atoms with van der Waals surface area (Å²) in [5, 5.41) is 8.86. The van der Waals surface area contributed by atoms with Crippen molar-refractivity contribution < 1.29 is 24.2 Å². The number of rotatable bonds is 8. The van der Waals surface area contributed by atoms with E-state index in [0.29, 0.717) is 12.8 Å². The molecule has 1 heterocycles. The van der Waals surface area contributed by atoms with Gasteiger partial charge in [-0.3, -0.25) is 4.90 Å². The molecule has 0 radical (unpaired) electrons. The monoisotopic (exact) mass is 299 g/mol. The maximum Gasteiger partial charge on any atom is 0.334 e. The highest BCUT2D eigenvalue weighted by atomic mass is 16.5. The maximum absolute atomic E-state index is 11.9. The minimum Gasteiger partial charge on any atom is -0.478 e. The number of hydrogen-bond donors (Lipinski definition) is 1. The van der Waals surface area contributed by atoms with Crippen LogP contribution in [0.4, 0.5) is 0 Å². The van der Waals surface area contributed by atoms with Crippen molar-refractivity contribution in [2.45, 2.75) is 39.2 Å². The van der Waals surface area contributed by atoms with Gasteiger partial charge < -0.3 is 14.6 Å². The van der Waals surface area contributed by atoms with Crippen LogP contribution in [0.15, 0.2) is 11.6 Å². The van der Waals surface area contributed by atoms with Gasteiger partial charge in [0.15, 0.2) is 0 Å². The fraction of sp³-hybridized carbons (Fsp3) is 0.733. The molecule has 0 aromatic rings. The number of hydrogen-bond acceptors (Lipinski definition) is 5. The molecule has 0 aliphatic carbocycles. The molecular formula is C15H25NO5. The number of morpholine rings is 1. The van der Waals surface area contributed by atoms with Crippen LogP contribution >= 0.6 is 0 Å². The molecule has 1 rings (SSSR count). The van der Waals surface area contributed by atoms with E-state index in [2.05, 4.69) is 4.90 Å². The normalized spacial score (nSPS) is 18.3. The lowest BCUT2D eigenvalue weighted by Gasteiger charge is -2.26. The molecule has 0 aromatic heterocycles. The molecule has 21 heavy (non-hydrogen) atoms. The molecule has 6 nitrogen and oxygen atoms in total. The van der Waals surface area contributed by atoms with Crippen LogP contribution in [-0.4, -0.2) is 60.9 Å². The quantitative estimate of drug-likeness (QED) is 0.540. The van der Waals surface area contributed by atoms with Crippen LogP contribution in [-0.2, 0) is 19.1 Å². The summed E-state index contributed by atoms with van der Waals surface area (Å²) in [4.78, 5) is 25.0. The third-order valence-corrected chi connectivity index (χ3v) is 3.47. The topological polar surface area (TPSA) is 76.1 Å². The Morgan fingerprint density at radius 3 is 2.62 bits per heavy atom. The molecule has 1 N–H and O–H groups in total. The number of carboxylic acid groups (broad SMARTS) is 1. The van der Waals surface area contributed by atoms with Gasteiger partial charge in [-0.15, -0.1) is 0 Å². The van der Waals surface area contributed by atoms with Crippen LogP contribution in [0.5, 0.6) is 0 Å². The molecule has 1 aliphatic heterocycles. The average Bonchev–Trinajstić information content (AvgIpc) is 2.46. The second-order valence-electron chi connectivity index (χ2n) is 5.19. The van der Waals surface area contributed by atoms with Crippen molar-refractivity contribution in [3.05, 3.63) is 11.6 Å². The second-order valence-corrected chi connectivity index (χ2v) is 5.19. The molecular weight excluding hydrogens is 274 g/mol. The van der Waals surface area contributed by atoms with Crippen molar-refractivity contribution in [2.24, 2.45) is 0 Å². The summed E-state index contributed by atoms with van der Waals surface area (Å²) in [6.07, 6.45) is 2.62. The molecule has 0 spiro atoms. The summed E-state index contributed by atoms with van der Waals surface area (Å²) < 4.78 is 10.5. The zero-order valence-corrected chi connectivity index (χ0v) is 12.8. The summed E-state index contributed by atoms with van der Waals surface area (Å²) in [5.41, 5.74) is 0.232. The lowest BCUT2D eigenvalue weighted by molar-refractivity contribution is -0.144. The highest BCUT2D eigenvalue weighted by Crippen LogP contribution is 2.12. The fourth-order valence-electron chi connectivity index (χ4n) is 2.04. The number of aliphatic carboxylic acids is 1. The Hall–Kier alpha value is -1.40. The van der Waals surface area contributed by atoms with Gasteiger partial charge in [0.05, 0.1) is 19.3 Å². The standard InChI is InChI=1S/C15H25NO5/c1-3-12(2)21-15(19)13(11-14(17)18)5-4-6-16-7-9-20-10-8-16/h11-12H,3-10H2,1-2H3,(H,17,18)/b13-11+. The zero-order chi connectivity index (χ0) is 15.7. The largest absolute Gasteiger partial charge is 0.478 e. The number of carbonyl (C=O) groups is 2. The summed E-state index contributed by atoms with van der Waals surface area (Å²) in [7, 11) is 0. The molecule has 0 amide bonds. The lowest BCUT2D eigenvalue weighted by Crippen LogP contribution is -2.36. The van der Waals surface area contributed by atoms with Crippen LogP contribution in [0.1, 0.15) is 33.1 Å². The molecule has 120 valence electrons. The Balaban J connectivity index is 2.46. The van der Waals surface area contributed by atoms with Crippen molar-refractivity contribution in [1.82, 2.24) is 4.90 Å². The minimum absolute atomic E-state index is 0.200. The zero-order valence-electron chi connectivity index (χ0n) is 12.8. The van der Waals surface area contributed by atoms with Gasteiger partial charge in [-0.1, -0.05) is 6.92 Å². The molecule has 1 atom stereocenters.